The molecule has 1 amide bonds. The molecule has 4 nitrogen and oxygen atoms in total. The minimum atomic E-state index is -0.351. The largest absolute Gasteiger partial charge is 0.354 e. The third kappa shape index (κ3) is 9.35. The molecule has 0 saturated carbocycles. The molecule has 3 N–H and O–H groups in total. The molecular weight excluding hydrogens is 281 g/mol. The molecule has 0 bridgehead atoms. The lowest BCUT2D eigenvalue weighted by molar-refractivity contribution is -0.121. The second kappa shape index (κ2) is 8.69. The van der Waals surface area contributed by atoms with Gasteiger partial charge in [-0.2, -0.15) is 0 Å². The molecule has 1 aromatic rings. The molecule has 100 valence electrons. The standard InChI is InChI=1S/C10H17N3OS.2ClH/c1-10(2,11)6-12-9(14)4-3-8-5-15-7-13-8;;/h5,7H,3-4,6,11H2,1-2H3,(H,12,14);2*1H. The first-order chi connectivity index (χ1) is 6.97. The zero-order chi connectivity index (χ0) is 11.3. The average molecular weight is 300 g/mol. The Hall–Kier alpha value is -0.360. The molecule has 0 saturated heterocycles. The summed E-state index contributed by atoms with van der Waals surface area (Å²) >= 11 is 1.55. The topological polar surface area (TPSA) is 68.0 Å². The van der Waals surface area contributed by atoms with E-state index in [-0.39, 0.29) is 36.3 Å². The van der Waals surface area contributed by atoms with Gasteiger partial charge in [0.15, 0.2) is 0 Å². The van der Waals surface area contributed by atoms with Crippen LogP contribution in [0.2, 0.25) is 0 Å². The van der Waals surface area contributed by atoms with Crippen molar-refractivity contribution in [3.8, 4) is 0 Å². The summed E-state index contributed by atoms with van der Waals surface area (Å²) in [5.74, 6) is 0.0292. The first kappa shape index (κ1) is 19.0. The molecule has 1 heterocycles. The second-order valence-electron chi connectivity index (χ2n) is 4.25. The minimum absolute atomic E-state index is 0. The first-order valence-corrected chi connectivity index (χ1v) is 5.84. The summed E-state index contributed by atoms with van der Waals surface area (Å²) in [6, 6.07) is 0. The molecule has 0 fully saturated rings. The summed E-state index contributed by atoms with van der Waals surface area (Å²) in [6.07, 6.45) is 1.17. The number of carbonyl (C=O) groups excluding carboxylic acids is 1. The van der Waals surface area contributed by atoms with Crippen LogP contribution in [0.4, 0.5) is 0 Å². The Kier molecular flexibility index (Phi) is 9.71. The van der Waals surface area contributed by atoms with E-state index in [1.165, 1.54) is 0 Å². The van der Waals surface area contributed by atoms with Crippen LogP contribution in [0.25, 0.3) is 0 Å². The van der Waals surface area contributed by atoms with Gasteiger partial charge >= 0.3 is 0 Å². The molecular formula is C10H19Cl2N3OS. The number of rotatable bonds is 5. The molecule has 1 aromatic heterocycles. The highest BCUT2D eigenvalue weighted by Crippen LogP contribution is 2.03. The number of amides is 1. The average Bonchev–Trinajstić information content (AvgIpc) is 2.62. The molecule has 0 aliphatic rings. The maximum absolute atomic E-state index is 11.4. The quantitative estimate of drug-likeness (QED) is 0.871. The fraction of sp³-hybridized carbons (Fsp3) is 0.600. The third-order valence-corrected chi connectivity index (χ3v) is 2.47. The zero-order valence-electron chi connectivity index (χ0n) is 9.93. The van der Waals surface area contributed by atoms with Crippen molar-refractivity contribution in [3.05, 3.63) is 16.6 Å². The molecule has 0 aliphatic heterocycles. The number of halogens is 2. The van der Waals surface area contributed by atoms with Crippen LogP contribution in [0.5, 0.6) is 0 Å². The van der Waals surface area contributed by atoms with E-state index in [4.69, 9.17) is 5.73 Å². The lowest BCUT2D eigenvalue weighted by Crippen LogP contribution is -2.45. The number of aromatic nitrogens is 1. The van der Waals surface area contributed by atoms with Crippen LogP contribution in [-0.4, -0.2) is 23.0 Å². The second-order valence-corrected chi connectivity index (χ2v) is 4.96. The Balaban J connectivity index is 0. The Morgan fingerprint density at radius 3 is 2.65 bits per heavy atom. The molecule has 0 unspecified atom stereocenters. The van der Waals surface area contributed by atoms with Crippen LogP contribution in [0, 0.1) is 0 Å². The van der Waals surface area contributed by atoms with Gasteiger partial charge < -0.3 is 11.1 Å². The van der Waals surface area contributed by atoms with Crippen LogP contribution >= 0.6 is 36.2 Å². The molecule has 0 spiro atoms. The van der Waals surface area contributed by atoms with Gasteiger partial charge in [-0.3, -0.25) is 4.79 Å². The van der Waals surface area contributed by atoms with E-state index in [0.29, 0.717) is 19.4 Å². The fourth-order valence-corrected chi connectivity index (χ4v) is 1.61. The lowest BCUT2D eigenvalue weighted by Gasteiger charge is -2.18. The summed E-state index contributed by atoms with van der Waals surface area (Å²) in [5, 5.41) is 4.76. The predicted molar refractivity (Wildman–Crippen MR) is 76.2 cm³/mol. The third-order valence-electron chi connectivity index (χ3n) is 1.83. The van der Waals surface area contributed by atoms with E-state index in [9.17, 15) is 4.79 Å². The summed E-state index contributed by atoms with van der Waals surface area (Å²) in [4.78, 5) is 15.5. The number of hydrogen-bond donors (Lipinski definition) is 2. The Morgan fingerprint density at radius 2 is 2.18 bits per heavy atom. The predicted octanol–water partition coefficient (Wildman–Crippen LogP) is 1.77. The summed E-state index contributed by atoms with van der Waals surface area (Å²) in [7, 11) is 0. The Bertz CT molecular complexity index is 312. The lowest BCUT2D eigenvalue weighted by atomic mass is 10.1. The van der Waals surface area contributed by atoms with Gasteiger partial charge in [-0.05, 0) is 20.3 Å². The van der Waals surface area contributed by atoms with Gasteiger partial charge in [0.25, 0.3) is 0 Å². The number of aryl methyl sites for hydroxylation is 1. The fourth-order valence-electron chi connectivity index (χ4n) is 1.02. The summed E-state index contributed by atoms with van der Waals surface area (Å²) < 4.78 is 0. The maximum atomic E-state index is 11.4. The highest BCUT2D eigenvalue weighted by Gasteiger charge is 2.12. The van der Waals surface area contributed by atoms with Gasteiger partial charge in [-0.25, -0.2) is 4.98 Å². The number of hydrogen-bond acceptors (Lipinski definition) is 4. The normalized spacial score (nSPS) is 10.1. The van der Waals surface area contributed by atoms with E-state index in [0.717, 1.165) is 5.69 Å². The van der Waals surface area contributed by atoms with Crippen molar-refractivity contribution in [2.75, 3.05) is 6.54 Å². The van der Waals surface area contributed by atoms with Crippen molar-refractivity contribution in [2.24, 2.45) is 5.73 Å². The molecule has 0 atom stereocenters. The van der Waals surface area contributed by atoms with Gasteiger partial charge in [0, 0.05) is 23.9 Å². The van der Waals surface area contributed by atoms with Gasteiger partial charge in [0.05, 0.1) is 11.2 Å². The van der Waals surface area contributed by atoms with Crippen molar-refractivity contribution in [3.63, 3.8) is 0 Å². The van der Waals surface area contributed by atoms with Crippen molar-refractivity contribution in [1.82, 2.24) is 10.3 Å². The minimum Gasteiger partial charge on any atom is -0.354 e. The van der Waals surface area contributed by atoms with Crippen molar-refractivity contribution >= 4 is 42.1 Å². The van der Waals surface area contributed by atoms with Gasteiger partial charge in [-0.15, -0.1) is 36.2 Å². The summed E-state index contributed by atoms with van der Waals surface area (Å²) in [6.45, 7) is 4.27. The van der Waals surface area contributed by atoms with Crippen LogP contribution in [0.1, 0.15) is 26.0 Å². The van der Waals surface area contributed by atoms with E-state index in [2.05, 4.69) is 10.3 Å². The van der Waals surface area contributed by atoms with Gasteiger partial charge in [0.1, 0.15) is 0 Å². The van der Waals surface area contributed by atoms with Crippen molar-refractivity contribution in [2.45, 2.75) is 32.2 Å². The van der Waals surface area contributed by atoms with E-state index < -0.39 is 0 Å². The van der Waals surface area contributed by atoms with Crippen LogP contribution in [-0.2, 0) is 11.2 Å². The van der Waals surface area contributed by atoms with E-state index >= 15 is 0 Å². The number of nitrogens with zero attached hydrogens (tertiary/aromatic N) is 1. The highest BCUT2D eigenvalue weighted by molar-refractivity contribution is 7.07. The zero-order valence-corrected chi connectivity index (χ0v) is 12.4. The monoisotopic (exact) mass is 299 g/mol. The molecule has 0 aromatic carbocycles. The van der Waals surface area contributed by atoms with Gasteiger partial charge in [-0.1, -0.05) is 0 Å². The Morgan fingerprint density at radius 1 is 1.53 bits per heavy atom. The molecule has 0 radical (unpaired) electrons. The van der Waals surface area contributed by atoms with E-state index in [1.807, 2.05) is 19.2 Å². The smallest absolute Gasteiger partial charge is 0.220 e. The van der Waals surface area contributed by atoms with E-state index in [1.54, 1.807) is 16.8 Å². The number of carbonyl (C=O) groups is 1. The molecule has 0 aliphatic carbocycles. The molecule has 7 heteroatoms. The van der Waals surface area contributed by atoms with Gasteiger partial charge in [0.2, 0.25) is 5.91 Å². The molecule has 1 rings (SSSR count). The van der Waals surface area contributed by atoms with Crippen molar-refractivity contribution in [1.29, 1.82) is 0 Å². The van der Waals surface area contributed by atoms with Crippen molar-refractivity contribution < 1.29 is 4.79 Å². The first-order valence-electron chi connectivity index (χ1n) is 4.90. The molecule has 17 heavy (non-hydrogen) atoms. The number of nitrogens with two attached hydrogens (primary N) is 1. The highest BCUT2D eigenvalue weighted by atomic mass is 35.5. The Labute approximate surface area is 118 Å². The van der Waals surface area contributed by atoms with Crippen LogP contribution < -0.4 is 11.1 Å². The number of thiazole rings is 1. The maximum Gasteiger partial charge on any atom is 0.220 e. The summed E-state index contributed by atoms with van der Waals surface area (Å²) in [5.41, 5.74) is 8.15. The SMILES string of the molecule is CC(C)(N)CNC(=O)CCc1cscn1.Cl.Cl. The van der Waals surface area contributed by atoms with Crippen LogP contribution in [0.3, 0.4) is 0 Å². The number of nitrogens with one attached hydrogen (secondary N) is 1. The van der Waals surface area contributed by atoms with Crippen LogP contribution in [0.15, 0.2) is 10.9 Å².